The Hall–Kier alpha value is -5.09. The fraction of sp³-hybridized carbons (Fsp3) is 0.432. The number of rotatable bonds is 8. The molecular weight excluding hydrogens is 592 g/mol. The second kappa shape index (κ2) is 15.0. The average Bonchev–Trinajstić information content (AvgIpc) is 3.00. The van der Waals surface area contributed by atoms with Crippen molar-refractivity contribution in [1.82, 2.24) is 20.2 Å². The maximum absolute atomic E-state index is 13.9. The van der Waals surface area contributed by atoms with E-state index in [4.69, 9.17) is 19.4 Å². The summed E-state index contributed by atoms with van der Waals surface area (Å²) in [6, 6.07) is 12.4. The first-order valence-electron chi connectivity index (χ1n) is 16.0. The normalized spacial score (nSPS) is 13.1. The van der Waals surface area contributed by atoms with Gasteiger partial charge < -0.3 is 25.0 Å². The van der Waals surface area contributed by atoms with E-state index in [0.29, 0.717) is 41.7 Å². The van der Waals surface area contributed by atoms with Crippen LogP contribution in [0.2, 0.25) is 0 Å². The van der Waals surface area contributed by atoms with E-state index in [1.54, 1.807) is 49.9 Å². The molecule has 0 radical (unpaired) electrons. The van der Waals surface area contributed by atoms with Crippen molar-refractivity contribution >= 4 is 23.6 Å². The van der Waals surface area contributed by atoms with Crippen LogP contribution in [0, 0.1) is 42.9 Å². The SMILES string of the molecule is CCCC#Cc1cc(C)c(Oc2nc(Nc3ccc(C#N)cc3)nc3c2CN(C(=O)[C@H](NC(=O)OC(C)(C)C)C(C)C)CC3)c(C)c1. The second-order valence-electron chi connectivity index (χ2n) is 13.1. The molecule has 0 fully saturated rings. The van der Waals surface area contributed by atoms with Crippen LogP contribution in [0.3, 0.4) is 0 Å². The minimum atomic E-state index is -0.778. The van der Waals surface area contributed by atoms with Crippen molar-refractivity contribution < 1.29 is 19.1 Å². The molecule has 1 aliphatic rings. The highest BCUT2D eigenvalue weighted by molar-refractivity contribution is 5.86. The first kappa shape index (κ1) is 34.8. The van der Waals surface area contributed by atoms with Crippen molar-refractivity contribution in [2.24, 2.45) is 5.92 Å². The van der Waals surface area contributed by atoms with Crippen LogP contribution in [0.4, 0.5) is 16.4 Å². The standard InChI is InChI=1S/C37H44N6O4/c1-9-10-11-12-27-19-24(4)32(25(5)20-27)46-33-29-22-43(34(44)31(23(2)3)41-36(45)47-37(6,7)8)18-17-30(29)40-35(42-33)39-28-15-13-26(21-38)14-16-28/h13-16,19-20,23,31H,9-10,17-18,22H2,1-8H3,(H,41,45)(H,39,40,42)/t31-/m1/s1. The molecule has 10 nitrogen and oxygen atoms in total. The number of carbonyl (C=O) groups excluding carboxylic acids is 2. The molecule has 0 saturated heterocycles. The third-order valence-corrected chi connectivity index (χ3v) is 7.48. The number of unbranched alkanes of at least 4 members (excludes halogenated alkanes) is 1. The molecule has 2 heterocycles. The molecule has 0 spiro atoms. The predicted molar refractivity (Wildman–Crippen MR) is 181 cm³/mol. The Morgan fingerprint density at radius 1 is 1.06 bits per heavy atom. The van der Waals surface area contributed by atoms with E-state index in [9.17, 15) is 14.9 Å². The summed E-state index contributed by atoms with van der Waals surface area (Å²) in [5.74, 6) is 7.37. The molecule has 47 heavy (non-hydrogen) atoms. The topological polar surface area (TPSA) is 129 Å². The van der Waals surface area contributed by atoms with Crippen molar-refractivity contribution in [2.45, 2.75) is 92.8 Å². The third-order valence-electron chi connectivity index (χ3n) is 7.48. The number of hydrogen-bond donors (Lipinski definition) is 2. The molecule has 4 rings (SSSR count). The predicted octanol–water partition coefficient (Wildman–Crippen LogP) is 7.09. The molecule has 0 bridgehead atoms. The van der Waals surface area contributed by atoms with Crippen LogP contribution < -0.4 is 15.4 Å². The highest BCUT2D eigenvalue weighted by Gasteiger charge is 2.34. The second-order valence-corrected chi connectivity index (χ2v) is 13.1. The molecule has 246 valence electrons. The van der Waals surface area contributed by atoms with E-state index >= 15 is 0 Å². The van der Waals surface area contributed by atoms with Crippen molar-refractivity contribution in [3.05, 3.63) is 69.9 Å². The molecule has 0 saturated carbocycles. The number of fused-ring (bicyclic) bond motifs is 1. The number of aromatic nitrogens is 2. The summed E-state index contributed by atoms with van der Waals surface area (Å²) in [7, 11) is 0. The Balaban J connectivity index is 1.69. The van der Waals surface area contributed by atoms with E-state index < -0.39 is 17.7 Å². The molecule has 2 N–H and O–H groups in total. The molecule has 2 amide bonds. The fourth-order valence-corrected chi connectivity index (χ4v) is 5.18. The molecule has 1 aliphatic heterocycles. The van der Waals surface area contributed by atoms with E-state index in [1.165, 1.54) is 0 Å². The summed E-state index contributed by atoms with van der Waals surface area (Å²) in [6.07, 6.45) is 1.65. The summed E-state index contributed by atoms with van der Waals surface area (Å²) in [4.78, 5) is 37.8. The van der Waals surface area contributed by atoms with Gasteiger partial charge in [-0.15, -0.1) is 0 Å². The number of carbonyl (C=O) groups is 2. The lowest BCUT2D eigenvalue weighted by Gasteiger charge is -2.34. The quantitative estimate of drug-likeness (QED) is 0.251. The minimum absolute atomic E-state index is 0.174. The zero-order chi connectivity index (χ0) is 34.3. The van der Waals surface area contributed by atoms with Crippen LogP contribution in [0.25, 0.3) is 0 Å². The minimum Gasteiger partial charge on any atom is -0.444 e. The Morgan fingerprint density at radius 3 is 2.34 bits per heavy atom. The lowest BCUT2D eigenvalue weighted by atomic mass is 10.00. The third kappa shape index (κ3) is 9.23. The van der Waals surface area contributed by atoms with Crippen LogP contribution in [-0.2, 0) is 22.5 Å². The maximum Gasteiger partial charge on any atom is 0.408 e. The number of nitrogens with zero attached hydrogens (tertiary/aromatic N) is 4. The molecular formula is C37H44N6O4. The number of hydrogen-bond acceptors (Lipinski definition) is 8. The number of aryl methyl sites for hydroxylation is 2. The number of ether oxygens (including phenoxy) is 2. The van der Waals surface area contributed by atoms with Gasteiger partial charge >= 0.3 is 6.09 Å². The van der Waals surface area contributed by atoms with Gasteiger partial charge in [-0.25, -0.2) is 9.78 Å². The smallest absolute Gasteiger partial charge is 0.408 e. The lowest BCUT2D eigenvalue weighted by molar-refractivity contribution is -0.135. The van der Waals surface area contributed by atoms with Gasteiger partial charge in [0.1, 0.15) is 17.4 Å². The first-order valence-corrected chi connectivity index (χ1v) is 16.0. The molecule has 1 aromatic heterocycles. The number of anilines is 2. The van der Waals surface area contributed by atoms with Crippen LogP contribution >= 0.6 is 0 Å². The van der Waals surface area contributed by atoms with Crippen molar-refractivity contribution in [2.75, 3.05) is 11.9 Å². The average molecular weight is 637 g/mol. The van der Waals surface area contributed by atoms with Gasteiger partial charge in [-0.1, -0.05) is 32.6 Å². The monoisotopic (exact) mass is 636 g/mol. The van der Waals surface area contributed by atoms with Crippen molar-refractivity contribution in [3.63, 3.8) is 0 Å². The van der Waals surface area contributed by atoms with Gasteiger partial charge in [0.2, 0.25) is 17.7 Å². The summed E-state index contributed by atoms with van der Waals surface area (Å²) in [5, 5.41) is 15.2. The highest BCUT2D eigenvalue weighted by atomic mass is 16.6. The van der Waals surface area contributed by atoms with Gasteiger partial charge in [0, 0.05) is 30.6 Å². The number of benzene rings is 2. The zero-order valence-corrected chi connectivity index (χ0v) is 28.6. The fourth-order valence-electron chi connectivity index (χ4n) is 5.18. The van der Waals surface area contributed by atoms with Crippen LogP contribution in [0.5, 0.6) is 11.6 Å². The Morgan fingerprint density at radius 2 is 1.74 bits per heavy atom. The van der Waals surface area contributed by atoms with Crippen LogP contribution in [-0.4, -0.2) is 45.1 Å². The summed E-state index contributed by atoms with van der Waals surface area (Å²) < 4.78 is 12.0. The Bertz CT molecular complexity index is 1700. The van der Waals surface area contributed by atoms with Gasteiger partial charge in [-0.2, -0.15) is 10.2 Å². The molecule has 1 atom stereocenters. The number of amides is 2. The number of nitrogens with one attached hydrogen (secondary N) is 2. The number of alkyl carbamates (subject to hydrolysis) is 1. The maximum atomic E-state index is 13.9. The van der Waals surface area contributed by atoms with Gasteiger partial charge in [-0.3, -0.25) is 4.79 Å². The summed E-state index contributed by atoms with van der Waals surface area (Å²) in [6.45, 7) is 15.8. The van der Waals surface area contributed by atoms with Gasteiger partial charge in [0.25, 0.3) is 0 Å². The molecule has 2 aromatic carbocycles. The molecule has 0 aliphatic carbocycles. The van der Waals surface area contributed by atoms with Crippen LogP contribution in [0.15, 0.2) is 36.4 Å². The van der Waals surface area contributed by atoms with E-state index in [-0.39, 0.29) is 18.4 Å². The van der Waals surface area contributed by atoms with Gasteiger partial charge in [0.05, 0.1) is 29.4 Å². The highest BCUT2D eigenvalue weighted by Crippen LogP contribution is 2.35. The van der Waals surface area contributed by atoms with Crippen molar-refractivity contribution in [3.8, 4) is 29.5 Å². The van der Waals surface area contributed by atoms with E-state index in [1.807, 2.05) is 39.8 Å². The summed E-state index contributed by atoms with van der Waals surface area (Å²) >= 11 is 0. The summed E-state index contributed by atoms with van der Waals surface area (Å²) in [5.41, 5.74) is 4.76. The number of nitriles is 1. The van der Waals surface area contributed by atoms with Gasteiger partial charge in [0.15, 0.2) is 0 Å². The molecule has 10 heteroatoms. The van der Waals surface area contributed by atoms with Crippen molar-refractivity contribution in [1.29, 1.82) is 5.26 Å². The first-order chi connectivity index (χ1) is 22.3. The molecule has 3 aromatic rings. The lowest BCUT2D eigenvalue weighted by Crippen LogP contribution is -2.53. The largest absolute Gasteiger partial charge is 0.444 e. The zero-order valence-electron chi connectivity index (χ0n) is 28.6. The van der Waals surface area contributed by atoms with Crippen LogP contribution in [0.1, 0.15) is 87.9 Å². The van der Waals surface area contributed by atoms with E-state index in [2.05, 4.69) is 35.5 Å². The van der Waals surface area contributed by atoms with E-state index in [0.717, 1.165) is 40.9 Å². The van der Waals surface area contributed by atoms with Gasteiger partial charge in [-0.05, 0) is 94.5 Å². The Labute approximate surface area is 277 Å². The Kier molecular flexibility index (Phi) is 11.1. The molecule has 0 unspecified atom stereocenters.